The predicted molar refractivity (Wildman–Crippen MR) is 68.9 cm³/mol. The van der Waals surface area contributed by atoms with Gasteiger partial charge in [-0.1, -0.05) is 0 Å². The minimum atomic E-state index is -0.975. The standard InChI is InChI=1S/C11H13BrF2N4/c12-11-3-7(13)10-5-16-6-17(18(10)11)9-1-2-15-4-8(9)14/h3,5,8-9,15H,1-2,4,6H2/t8-,9-/m1/s1. The van der Waals surface area contributed by atoms with E-state index in [0.29, 0.717) is 29.9 Å². The fourth-order valence-electron chi connectivity index (χ4n) is 2.50. The predicted octanol–water partition coefficient (Wildman–Crippen LogP) is 1.42. The molecule has 0 saturated carbocycles. The molecule has 0 unspecified atom stereocenters. The number of aliphatic imine (C=N–C) groups is 1. The Morgan fingerprint density at radius 3 is 3.11 bits per heavy atom. The molecule has 2 aliphatic rings. The van der Waals surface area contributed by atoms with Crippen LogP contribution < -0.4 is 10.3 Å². The Kier molecular flexibility index (Phi) is 3.11. The highest BCUT2D eigenvalue weighted by Gasteiger charge is 2.33. The van der Waals surface area contributed by atoms with Gasteiger partial charge in [0.2, 0.25) is 0 Å². The fourth-order valence-corrected chi connectivity index (χ4v) is 3.10. The first-order valence-electron chi connectivity index (χ1n) is 5.87. The zero-order valence-electron chi connectivity index (χ0n) is 9.61. The number of nitrogens with zero attached hydrogens (tertiary/aromatic N) is 3. The van der Waals surface area contributed by atoms with Crippen molar-refractivity contribution in [2.24, 2.45) is 4.99 Å². The first kappa shape index (κ1) is 12.1. The molecule has 98 valence electrons. The van der Waals surface area contributed by atoms with Crippen LogP contribution in [-0.2, 0) is 0 Å². The molecule has 0 bridgehead atoms. The quantitative estimate of drug-likeness (QED) is 0.849. The van der Waals surface area contributed by atoms with Crippen molar-refractivity contribution in [1.29, 1.82) is 0 Å². The second-order valence-electron chi connectivity index (χ2n) is 4.48. The minimum absolute atomic E-state index is 0.273. The summed E-state index contributed by atoms with van der Waals surface area (Å²) >= 11 is 3.31. The van der Waals surface area contributed by atoms with Crippen molar-refractivity contribution in [2.45, 2.75) is 18.6 Å². The lowest BCUT2D eigenvalue weighted by Gasteiger charge is -2.39. The van der Waals surface area contributed by atoms with Crippen molar-refractivity contribution in [2.75, 3.05) is 24.8 Å². The zero-order valence-corrected chi connectivity index (χ0v) is 11.2. The van der Waals surface area contributed by atoms with Crippen LogP contribution in [0.3, 0.4) is 0 Å². The van der Waals surface area contributed by atoms with Crippen molar-refractivity contribution in [3.8, 4) is 0 Å². The Labute approximate surface area is 112 Å². The molecule has 0 radical (unpaired) electrons. The van der Waals surface area contributed by atoms with Gasteiger partial charge in [0.15, 0.2) is 5.82 Å². The summed E-state index contributed by atoms with van der Waals surface area (Å²) in [6, 6.07) is 1.11. The maximum atomic E-state index is 14.0. The van der Waals surface area contributed by atoms with Crippen LogP contribution in [0.25, 0.3) is 0 Å². The largest absolute Gasteiger partial charge is 0.314 e. The molecule has 1 aromatic rings. The average molecular weight is 319 g/mol. The van der Waals surface area contributed by atoms with Crippen molar-refractivity contribution >= 4 is 22.1 Å². The van der Waals surface area contributed by atoms with Gasteiger partial charge in [-0.25, -0.2) is 13.5 Å². The van der Waals surface area contributed by atoms with Crippen molar-refractivity contribution in [1.82, 2.24) is 9.99 Å². The molecule has 0 amide bonds. The van der Waals surface area contributed by atoms with E-state index in [2.05, 4.69) is 26.2 Å². The van der Waals surface area contributed by atoms with Crippen LogP contribution in [0, 0.1) is 5.82 Å². The van der Waals surface area contributed by atoms with Gasteiger partial charge in [-0.05, 0) is 28.9 Å². The van der Waals surface area contributed by atoms with Crippen LogP contribution in [0.4, 0.5) is 8.78 Å². The maximum Gasteiger partial charge on any atom is 0.153 e. The van der Waals surface area contributed by atoms with Crippen LogP contribution in [0.15, 0.2) is 15.7 Å². The molecule has 0 aromatic carbocycles. The molecule has 3 rings (SSSR count). The summed E-state index contributed by atoms with van der Waals surface area (Å²) in [4.78, 5) is 4.12. The van der Waals surface area contributed by atoms with Crippen LogP contribution >= 0.6 is 15.9 Å². The molecular formula is C11H13BrF2N4. The molecule has 7 heteroatoms. The molecular weight excluding hydrogens is 306 g/mol. The zero-order chi connectivity index (χ0) is 12.7. The lowest BCUT2D eigenvalue weighted by molar-refractivity contribution is 0.203. The number of fused-ring (bicyclic) bond motifs is 1. The van der Waals surface area contributed by atoms with Crippen LogP contribution in [0.2, 0.25) is 0 Å². The number of nitrogens with one attached hydrogen (secondary N) is 1. The molecule has 1 aromatic heterocycles. The van der Waals surface area contributed by atoms with Crippen LogP contribution in [-0.4, -0.2) is 42.9 Å². The SMILES string of the molecule is Fc1cc(Br)n2c1C=NCN2[C@@H]1CCNC[C@H]1F. The number of piperidine rings is 1. The number of aromatic nitrogens is 1. The third-order valence-electron chi connectivity index (χ3n) is 3.37. The number of rotatable bonds is 1. The Hall–Kier alpha value is -0.950. The van der Waals surface area contributed by atoms with Gasteiger partial charge in [0.1, 0.15) is 23.1 Å². The smallest absolute Gasteiger partial charge is 0.153 e. The molecule has 1 N–H and O–H groups in total. The number of hydrogen-bond acceptors (Lipinski definition) is 3. The molecule has 2 aliphatic heterocycles. The van der Waals surface area contributed by atoms with Gasteiger partial charge in [0, 0.05) is 12.6 Å². The van der Waals surface area contributed by atoms with Crippen molar-refractivity contribution in [3.05, 3.63) is 22.2 Å². The second kappa shape index (κ2) is 4.62. The Morgan fingerprint density at radius 2 is 2.33 bits per heavy atom. The topological polar surface area (TPSA) is 32.6 Å². The summed E-state index contributed by atoms with van der Waals surface area (Å²) in [5.41, 5.74) is 0.374. The molecule has 0 aliphatic carbocycles. The van der Waals surface area contributed by atoms with Gasteiger partial charge in [-0.2, -0.15) is 0 Å². The van der Waals surface area contributed by atoms with Gasteiger partial charge >= 0.3 is 0 Å². The molecule has 1 saturated heterocycles. The summed E-state index contributed by atoms with van der Waals surface area (Å²) in [5.74, 6) is -0.348. The number of alkyl halides is 1. The summed E-state index contributed by atoms with van der Waals surface area (Å²) < 4.78 is 29.9. The van der Waals surface area contributed by atoms with E-state index in [0.717, 1.165) is 6.54 Å². The van der Waals surface area contributed by atoms with Gasteiger partial charge in [0.25, 0.3) is 0 Å². The van der Waals surface area contributed by atoms with Crippen molar-refractivity contribution in [3.63, 3.8) is 0 Å². The number of hydrogen-bond donors (Lipinski definition) is 1. The molecule has 3 heterocycles. The molecule has 1 fully saturated rings. The first-order chi connectivity index (χ1) is 8.68. The highest BCUT2D eigenvalue weighted by Crippen LogP contribution is 2.25. The van der Waals surface area contributed by atoms with Gasteiger partial charge < -0.3 is 5.32 Å². The normalized spacial score (nSPS) is 27.4. The van der Waals surface area contributed by atoms with Crippen molar-refractivity contribution < 1.29 is 8.78 Å². The number of halogens is 3. The van der Waals surface area contributed by atoms with E-state index < -0.39 is 6.17 Å². The van der Waals surface area contributed by atoms with E-state index in [-0.39, 0.29) is 11.9 Å². The third-order valence-corrected chi connectivity index (χ3v) is 3.94. The van der Waals surface area contributed by atoms with E-state index in [1.165, 1.54) is 12.3 Å². The van der Waals surface area contributed by atoms with E-state index in [1.54, 1.807) is 9.69 Å². The van der Waals surface area contributed by atoms with Gasteiger partial charge in [-0.15, -0.1) is 0 Å². The highest BCUT2D eigenvalue weighted by molar-refractivity contribution is 9.10. The van der Waals surface area contributed by atoms with E-state index >= 15 is 0 Å². The first-order valence-corrected chi connectivity index (χ1v) is 6.66. The summed E-state index contributed by atoms with van der Waals surface area (Å²) in [7, 11) is 0. The molecule has 0 spiro atoms. The maximum absolute atomic E-state index is 14.0. The second-order valence-corrected chi connectivity index (χ2v) is 5.29. The lowest BCUT2D eigenvalue weighted by atomic mass is 10.0. The van der Waals surface area contributed by atoms with Crippen LogP contribution in [0.5, 0.6) is 0 Å². The summed E-state index contributed by atoms with van der Waals surface area (Å²) in [6.45, 7) is 1.45. The third kappa shape index (κ3) is 1.85. The lowest BCUT2D eigenvalue weighted by Crippen LogP contribution is -2.56. The van der Waals surface area contributed by atoms with Gasteiger partial charge in [-0.3, -0.25) is 10.0 Å². The highest BCUT2D eigenvalue weighted by atomic mass is 79.9. The van der Waals surface area contributed by atoms with E-state index in [9.17, 15) is 8.78 Å². The van der Waals surface area contributed by atoms with E-state index in [1.807, 2.05) is 0 Å². The molecule has 4 nitrogen and oxygen atoms in total. The Balaban J connectivity index is 1.97. The monoisotopic (exact) mass is 318 g/mol. The van der Waals surface area contributed by atoms with Gasteiger partial charge in [0.05, 0.1) is 12.3 Å². The summed E-state index contributed by atoms with van der Waals surface area (Å²) in [5, 5.41) is 4.80. The van der Waals surface area contributed by atoms with E-state index in [4.69, 9.17) is 0 Å². The summed E-state index contributed by atoms with van der Waals surface area (Å²) in [6.07, 6.45) is 1.20. The molecule has 18 heavy (non-hydrogen) atoms. The average Bonchev–Trinajstić information content (AvgIpc) is 2.66. The Bertz CT molecular complexity index is 488. The Morgan fingerprint density at radius 1 is 1.50 bits per heavy atom. The molecule has 2 atom stereocenters. The van der Waals surface area contributed by atoms with Crippen LogP contribution in [0.1, 0.15) is 12.1 Å². The minimum Gasteiger partial charge on any atom is -0.314 e. The fraction of sp³-hybridized carbons (Fsp3) is 0.545.